The third kappa shape index (κ3) is 6.18. The number of nitrogen functional groups attached to an aromatic ring is 1. The molecule has 1 aromatic heterocycles. The molecule has 0 aliphatic heterocycles. The van der Waals surface area contributed by atoms with Crippen LogP contribution in [0.1, 0.15) is 49.0 Å². The van der Waals surface area contributed by atoms with Crippen molar-refractivity contribution in [2.24, 2.45) is 0 Å². The van der Waals surface area contributed by atoms with Crippen molar-refractivity contribution in [1.82, 2.24) is 4.98 Å². The molecule has 0 aliphatic carbocycles. The standard InChI is InChI=1S/C22H25N3O2S/c23-22-25-19(15-28-22)14-21(27)24-18-12-10-16(11-13-18)6-4-5-9-20(26)17-7-2-1-3-8-17/h1-3,7-8,10-13,15,20,26H,4-6,9,14H2,(H2,23,25)(H,24,27)/t20-/m0/s1/i9D2,14D2,20D. The molecule has 5 nitrogen and oxygen atoms in total. The van der Waals surface area contributed by atoms with Crippen molar-refractivity contribution in [2.45, 2.75) is 38.1 Å². The van der Waals surface area contributed by atoms with Gasteiger partial charge in [0.05, 0.1) is 19.5 Å². The first-order valence-corrected chi connectivity index (χ1v) is 9.71. The number of benzene rings is 2. The van der Waals surface area contributed by atoms with Gasteiger partial charge in [-0.25, -0.2) is 4.98 Å². The lowest BCUT2D eigenvalue weighted by molar-refractivity contribution is -0.115. The smallest absolute Gasteiger partial charge is 0.230 e. The molecule has 0 saturated heterocycles. The Kier molecular flexibility index (Phi) is 5.12. The summed E-state index contributed by atoms with van der Waals surface area (Å²) in [5.74, 6) is -0.857. The van der Waals surface area contributed by atoms with E-state index in [1.54, 1.807) is 42.5 Å². The average Bonchev–Trinajstić information content (AvgIpc) is 3.22. The SMILES string of the molecule is [2H]C([2H])(C(=O)Nc1ccc(CCCC([2H])([2H])[C@]([2H])(O)c2ccccc2)cc1)c1csc(N)n1. The summed E-state index contributed by atoms with van der Waals surface area (Å²) >= 11 is 1.06. The Balaban J connectivity index is 1.56. The van der Waals surface area contributed by atoms with E-state index < -0.39 is 24.7 Å². The van der Waals surface area contributed by atoms with Gasteiger partial charge in [0.15, 0.2) is 5.13 Å². The van der Waals surface area contributed by atoms with Gasteiger partial charge >= 0.3 is 0 Å². The summed E-state index contributed by atoms with van der Waals surface area (Å²) < 4.78 is 40.6. The number of aryl methyl sites for hydroxylation is 1. The van der Waals surface area contributed by atoms with Gasteiger partial charge in [-0.3, -0.25) is 4.79 Å². The lowest BCUT2D eigenvalue weighted by Crippen LogP contribution is -2.14. The third-order valence-electron chi connectivity index (χ3n) is 3.96. The van der Waals surface area contributed by atoms with Crippen LogP contribution in [0.15, 0.2) is 60.0 Å². The zero-order valence-electron chi connectivity index (χ0n) is 20.2. The maximum absolute atomic E-state index is 12.4. The van der Waals surface area contributed by atoms with Crippen LogP contribution in [-0.2, 0) is 17.6 Å². The molecule has 146 valence electrons. The van der Waals surface area contributed by atoms with Gasteiger partial charge in [0.1, 0.15) is 0 Å². The molecule has 0 unspecified atom stereocenters. The maximum atomic E-state index is 12.4. The highest BCUT2D eigenvalue weighted by atomic mass is 32.1. The van der Waals surface area contributed by atoms with Crippen LogP contribution in [0.3, 0.4) is 0 Å². The van der Waals surface area contributed by atoms with Crippen LogP contribution >= 0.6 is 11.3 Å². The summed E-state index contributed by atoms with van der Waals surface area (Å²) in [5.41, 5.74) is 6.98. The van der Waals surface area contributed by atoms with Crippen molar-refractivity contribution in [2.75, 3.05) is 11.1 Å². The van der Waals surface area contributed by atoms with Crippen molar-refractivity contribution < 1.29 is 16.8 Å². The largest absolute Gasteiger partial charge is 0.388 e. The lowest BCUT2D eigenvalue weighted by atomic mass is 10.0. The molecule has 4 N–H and O–H groups in total. The average molecular weight is 401 g/mol. The maximum Gasteiger partial charge on any atom is 0.230 e. The fourth-order valence-corrected chi connectivity index (χ4v) is 3.07. The number of nitrogens with two attached hydrogens (primary N) is 1. The van der Waals surface area contributed by atoms with E-state index in [9.17, 15) is 9.90 Å². The quantitative estimate of drug-likeness (QED) is 0.498. The van der Waals surface area contributed by atoms with Crippen LogP contribution in [-0.4, -0.2) is 16.0 Å². The molecule has 0 spiro atoms. The van der Waals surface area contributed by atoms with Crippen molar-refractivity contribution >= 4 is 28.1 Å². The number of nitrogens with one attached hydrogen (secondary N) is 1. The van der Waals surface area contributed by atoms with E-state index in [4.69, 9.17) is 12.6 Å². The highest BCUT2D eigenvalue weighted by Crippen LogP contribution is 2.20. The van der Waals surface area contributed by atoms with E-state index in [0.717, 1.165) is 16.9 Å². The van der Waals surface area contributed by atoms with Gasteiger partial charge in [-0.2, -0.15) is 0 Å². The zero-order valence-corrected chi connectivity index (χ0v) is 16.0. The highest BCUT2D eigenvalue weighted by molar-refractivity contribution is 7.13. The van der Waals surface area contributed by atoms with Gasteiger partial charge in [0.2, 0.25) is 5.91 Å². The number of anilines is 2. The molecule has 0 aliphatic rings. The zero-order chi connectivity index (χ0) is 24.3. The Labute approximate surface area is 176 Å². The molecule has 1 amide bonds. The fraction of sp³-hybridized carbons (Fsp3) is 0.273. The van der Waals surface area contributed by atoms with Gasteiger partial charge in [-0.1, -0.05) is 48.9 Å². The Morgan fingerprint density at radius 3 is 2.64 bits per heavy atom. The molecule has 1 heterocycles. The second-order valence-electron chi connectivity index (χ2n) is 6.09. The van der Waals surface area contributed by atoms with E-state index in [0.29, 0.717) is 18.5 Å². The summed E-state index contributed by atoms with van der Waals surface area (Å²) in [7, 11) is 0. The number of thiazole rings is 1. The van der Waals surface area contributed by atoms with E-state index in [1.165, 1.54) is 17.5 Å². The predicted molar refractivity (Wildman–Crippen MR) is 114 cm³/mol. The summed E-state index contributed by atoms with van der Waals surface area (Å²) in [5, 5.41) is 14.6. The van der Waals surface area contributed by atoms with Gasteiger partial charge in [0, 0.05) is 16.6 Å². The highest BCUT2D eigenvalue weighted by Gasteiger charge is 2.08. The number of rotatable bonds is 9. The van der Waals surface area contributed by atoms with Crippen LogP contribution in [0.5, 0.6) is 0 Å². The molecular formula is C22H25N3O2S. The second-order valence-corrected chi connectivity index (χ2v) is 6.98. The molecule has 0 bridgehead atoms. The number of carbonyl (C=O) groups excluding carboxylic acids is 1. The minimum Gasteiger partial charge on any atom is -0.388 e. The molecule has 28 heavy (non-hydrogen) atoms. The minimum absolute atomic E-state index is 0.0165. The number of nitrogens with zero attached hydrogens (tertiary/aromatic N) is 1. The summed E-state index contributed by atoms with van der Waals surface area (Å²) in [6.45, 7) is 0. The lowest BCUT2D eigenvalue weighted by Gasteiger charge is -2.10. The number of aliphatic hydroxyl groups is 1. The van der Waals surface area contributed by atoms with Gasteiger partial charge in [-0.05, 0) is 42.5 Å². The van der Waals surface area contributed by atoms with Crippen LogP contribution in [0.25, 0.3) is 0 Å². The van der Waals surface area contributed by atoms with Crippen molar-refractivity contribution in [1.29, 1.82) is 0 Å². The number of carbonyl (C=O) groups is 1. The monoisotopic (exact) mass is 400 g/mol. The summed E-state index contributed by atoms with van der Waals surface area (Å²) in [4.78, 5) is 16.2. The van der Waals surface area contributed by atoms with Crippen molar-refractivity contribution in [3.05, 3.63) is 76.8 Å². The Hall–Kier alpha value is -2.70. The molecule has 2 aromatic carbocycles. The first-order valence-electron chi connectivity index (χ1n) is 11.3. The molecule has 1 atom stereocenters. The Bertz CT molecular complexity index is 1090. The third-order valence-corrected chi connectivity index (χ3v) is 4.63. The summed E-state index contributed by atoms with van der Waals surface area (Å²) in [6.07, 6.45) is -5.93. The van der Waals surface area contributed by atoms with E-state index in [2.05, 4.69) is 10.3 Å². The molecule has 0 radical (unpaired) electrons. The Morgan fingerprint density at radius 2 is 1.96 bits per heavy atom. The van der Waals surface area contributed by atoms with Crippen LogP contribution in [0.4, 0.5) is 10.8 Å². The minimum atomic E-state index is -2.36. The van der Waals surface area contributed by atoms with Crippen LogP contribution in [0.2, 0.25) is 0 Å². The Morgan fingerprint density at radius 1 is 1.21 bits per heavy atom. The van der Waals surface area contributed by atoms with Crippen LogP contribution in [0, 0.1) is 0 Å². The molecular weight excluding hydrogens is 370 g/mol. The number of hydrogen-bond donors (Lipinski definition) is 3. The molecule has 0 saturated carbocycles. The topological polar surface area (TPSA) is 88.2 Å². The first kappa shape index (κ1) is 14.3. The number of amides is 1. The predicted octanol–water partition coefficient (Wildman–Crippen LogP) is 4.35. The van der Waals surface area contributed by atoms with Gasteiger partial charge in [-0.15, -0.1) is 11.3 Å². The van der Waals surface area contributed by atoms with E-state index >= 15 is 0 Å². The van der Waals surface area contributed by atoms with Crippen molar-refractivity contribution in [3.8, 4) is 0 Å². The molecule has 3 aromatic rings. The normalized spacial score (nSPS) is 16.7. The van der Waals surface area contributed by atoms with E-state index in [1.807, 2.05) is 0 Å². The second kappa shape index (κ2) is 10.0. The molecule has 0 fully saturated rings. The van der Waals surface area contributed by atoms with Gasteiger partial charge < -0.3 is 16.2 Å². The van der Waals surface area contributed by atoms with Crippen LogP contribution < -0.4 is 11.1 Å². The molecule has 6 heteroatoms. The first-order chi connectivity index (χ1) is 15.4. The number of aromatic nitrogens is 1. The fourth-order valence-electron chi connectivity index (χ4n) is 2.58. The van der Waals surface area contributed by atoms with E-state index in [-0.39, 0.29) is 22.8 Å². The van der Waals surface area contributed by atoms with Crippen molar-refractivity contribution in [3.63, 3.8) is 0 Å². The molecule has 3 rings (SSSR count). The summed E-state index contributed by atoms with van der Waals surface area (Å²) in [6, 6.07) is 14.9. The van der Waals surface area contributed by atoms with Gasteiger partial charge in [0.25, 0.3) is 0 Å². The number of hydrogen-bond acceptors (Lipinski definition) is 5.